The third kappa shape index (κ3) is 4.06. The Kier molecular flexibility index (Phi) is 5.66. The Morgan fingerprint density at radius 1 is 0.963 bits per heavy atom. The first-order chi connectivity index (χ1) is 12.9. The molecule has 0 fully saturated rings. The van der Waals surface area contributed by atoms with Crippen LogP contribution < -0.4 is 10.2 Å². The molecule has 140 valence electrons. The van der Waals surface area contributed by atoms with E-state index in [9.17, 15) is 9.59 Å². The largest absolute Gasteiger partial charge is 0.350 e. The van der Waals surface area contributed by atoms with Crippen molar-refractivity contribution < 1.29 is 9.59 Å². The number of nitrogens with one attached hydrogen (secondary N) is 1. The lowest BCUT2D eigenvalue weighted by Crippen LogP contribution is -2.32. The van der Waals surface area contributed by atoms with Gasteiger partial charge >= 0.3 is 0 Å². The molecule has 0 radical (unpaired) electrons. The van der Waals surface area contributed by atoms with E-state index in [-0.39, 0.29) is 10.7 Å². The van der Waals surface area contributed by atoms with Gasteiger partial charge in [-0.3, -0.25) is 9.59 Å². The summed E-state index contributed by atoms with van der Waals surface area (Å²) >= 11 is 6.20. The Morgan fingerprint density at radius 3 is 2.19 bits per heavy atom. The maximum atomic E-state index is 12.9. The summed E-state index contributed by atoms with van der Waals surface area (Å²) in [5, 5.41) is 2.93. The van der Waals surface area contributed by atoms with Gasteiger partial charge in [-0.15, -0.1) is 0 Å². The monoisotopic (exact) mass is 382 g/mol. The zero-order chi connectivity index (χ0) is 19.6. The van der Waals surface area contributed by atoms with E-state index in [0.717, 1.165) is 41.0 Å². The summed E-state index contributed by atoms with van der Waals surface area (Å²) < 4.78 is 0. The first-order valence-corrected chi connectivity index (χ1v) is 9.51. The number of aryl methyl sites for hydroxylation is 3. The number of unbranched alkanes of at least 4 members (excludes halogenated alkanes) is 1. The van der Waals surface area contributed by atoms with Crippen LogP contribution in [0.2, 0.25) is 0 Å². The summed E-state index contributed by atoms with van der Waals surface area (Å²) in [5.41, 5.74) is 4.58. The summed E-state index contributed by atoms with van der Waals surface area (Å²) in [7, 11) is 0. The highest BCUT2D eigenvalue weighted by atomic mass is 35.5. The summed E-state index contributed by atoms with van der Waals surface area (Å²) in [4.78, 5) is 26.6. The number of anilines is 2. The predicted octanol–water partition coefficient (Wildman–Crippen LogP) is 5.08. The minimum atomic E-state index is -0.506. The third-order valence-electron chi connectivity index (χ3n) is 4.53. The number of hydrogen-bond donors (Lipinski definition) is 1. The van der Waals surface area contributed by atoms with Gasteiger partial charge in [-0.1, -0.05) is 43.1 Å². The highest BCUT2D eigenvalue weighted by Crippen LogP contribution is 2.31. The van der Waals surface area contributed by atoms with Crippen LogP contribution in [0.25, 0.3) is 0 Å². The molecule has 2 aromatic rings. The van der Waals surface area contributed by atoms with Gasteiger partial charge in [0.25, 0.3) is 11.8 Å². The van der Waals surface area contributed by atoms with Gasteiger partial charge in [-0.25, -0.2) is 4.90 Å². The number of nitrogens with zero attached hydrogens (tertiary/aromatic N) is 1. The number of halogens is 1. The predicted molar refractivity (Wildman–Crippen MR) is 110 cm³/mol. The van der Waals surface area contributed by atoms with Gasteiger partial charge in [0.2, 0.25) is 0 Å². The van der Waals surface area contributed by atoms with Crippen LogP contribution in [0.15, 0.2) is 53.2 Å². The van der Waals surface area contributed by atoms with E-state index in [4.69, 9.17) is 11.6 Å². The van der Waals surface area contributed by atoms with Gasteiger partial charge in [0.15, 0.2) is 0 Å². The van der Waals surface area contributed by atoms with E-state index in [0.29, 0.717) is 5.69 Å². The van der Waals surface area contributed by atoms with Gasteiger partial charge in [-0.2, -0.15) is 0 Å². The van der Waals surface area contributed by atoms with Gasteiger partial charge in [0, 0.05) is 5.69 Å². The smallest absolute Gasteiger partial charge is 0.283 e. The van der Waals surface area contributed by atoms with Gasteiger partial charge in [0.1, 0.15) is 10.7 Å². The molecule has 0 atom stereocenters. The van der Waals surface area contributed by atoms with Crippen LogP contribution in [-0.2, 0) is 16.0 Å². The molecule has 1 N–H and O–H groups in total. The van der Waals surface area contributed by atoms with E-state index in [1.807, 2.05) is 44.2 Å². The van der Waals surface area contributed by atoms with Gasteiger partial charge in [0.05, 0.1) is 5.69 Å². The Morgan fingerprint density at radius 2 is 1.59 bits per heavy atom. The molecule has 0 aromatic heterocycles. The quantitative estimate of drug-likeness (QED) is 0.708. The summed E-state index contributed by atoms with van der Waals surface area (Å²) in [6.07, 6.45) is 3.31. The lowest BCUT2D eigenvalue weighted by molar-refractivity contribution is -0.120. The van der Waals surface area contributed by atoms with Crippen LogP contribution in [0.5, 0.6) is 0 Å². The van der Waals surface area contributed by atoms with Crippen molar-refractivity contribution in [2.45, 2.75) is 40.0 Å². The van der Waals surface area contributed by atoms with Crippen molar-refractivity contribution in [3.8, 4) is 0 Å². The molecule has 3 rings (SSSR count). The van der Waals surface area contributed by atoms with Crippen molar-refractivity contribution in [3.63, 3.8) is 0 Å². The van der Waals surface area contributed by atoms with E-state index >= 15 is 0 Å². The minimum absolute atomic E-state index is 0.0887. The Labute approximate surface area is 164 Å². The van der Waals surface area contributed by atoms with Crippen LogP contribution in [0.4, 0.5) is 11.4 Å². The van der Waals surface area contributed by atoms with Crippen LogP contribution in [0, 0.1) is 13.8 Å². The van der Waals surface area contributed by atoms with Crippen LogP contribution >= 0.6 is 11.6 Å². The van der Waals surface area contributed by atoms with Crippen molar-refractivity contribution in [2.24, 2.45) is 0 Å². The highest BCUT2D eigenvalue weighted by Gasteiger charge is 2.39. The minimum Gasteiger partial charge on any atom is -0.350 e. The molecule has 0 saturated carbocycles. The molecular weight excluding hydrogens is 360 g/mol. The second-order valence-corrected chi connectivity index (χ2v) is 7.28. The second kappa shape index (κ2) is 7.97. The van der Waals surface area contributed by atoms with Crippen molar-refractivity contribution in [2.75, 3.05) is 10.2 Å². The van der Waals surface area contributed by atoms with Gasteiger partial charge < -0.3 is 5.32 Å². The van der Waals surface area contributed by atoms with Crippen molar-refractivity contribution in [3.05, 3.63) is 69.9 Å². The third-order valence-corrected chi connectivity index (χ3v) is 4.88. The fraction of sp³-hybridized carbons (Fsp3) is 0.273. The fourth-order valence-corrected chi connectivity index (χ4v) is 3.42. The Hall–Kier alpha value is -2.59. The van der Waals surface area contributed by atoms with E-state index in [1.54, 1.807) is 12.1 Å². The molecule has 1 heterocycles. The van der Waals surface area contributed by atoms with Crippen molar-refractivity contribution in [1.82, 2.24) is 0 Å². The van der Waals surface area contributed by atoms with E-state index in [1.165, 1.54) is 5.56 Å². The standard InChI is InChI=1S/C22H23ClN2O2/c1-4-5-6-16-7-9-17(10-8-16)24-20-19(23)21(26)25(22(20)27)18-12-14(2)11-15(3)13-18/h7-13,24H,4-6H2,1-3H3. The zero-order valence-corrected chi connectivity index (χ0v) is 16.6. The zero-order valence-electron chi connectivity index (χ0n) is 15.8. The molecule has 0 saturated heterocycles. The maximum Gasteiger partial charge on any atom is 0.283 e. The molecule has 0 spiro atoms. The number of hydrogen-bond acceptors (Lipinski definition) is 3. The van der Waals surface area contributed by atoms with E-state index < -0.39 is 11.8 Å². The molecule has 1 aliphatic rings. The molecule has 5 heteroatoms. The summed E-state index contributed by atoms with van der Waals surface area (Å²) in [5.74, 6) is -0.946. The highest BCUT2D eigenvalue weighted by molar-refractivity contribution is 6.53. The first-order valence-electron chi connectivity index (χ1n) is 9.13. The number of carbonyl (C=O) groups is 2. The lowest BCUT2D eigenvalue weighted by Gasteiger charge is -2.16. The SMILES string of the molecule is CCCCc1ccc(NC2=C(Cl)C(=O)N(c3cc(C)cc(C)c3)C2=O)cc1. The molecule has 4 nitrogen and oxygen atoms in total. The fourth-order valence-electron chi connectivity index (χ4n) is 3.21. The van der Waals surface area contributed by atoms with Crippen LogP contribution in [0.1, 0.15) is 36.5 Å². The number of amides is 2. The van der Waals surface area contributed by atoms with E-state index in [2.05, 4.69) is 12.2 Å². The lowest BCUT2D eigenvalue weighted by atomic mass is 10.1. The molecule has 0 unspecified atom stereocenters. The molecule has 1 aliphatic heterocycles. The molecule has 2 aromatic carbocycles. The molecule has 27 heavy (non-hydrogen) atoms. The molecule has 0 aliphatic carbocycles. The molecular formula is C22H23ClN2O2. The van der Waals surface area contributed by atoms with Crippen molar-refractivity contribution >= 4 is 34.8 Å². The second-order valence-electron chi connectivity index (χ2n) is 6.91. The average Bonchev–Trinajstić information content (AvgIpc) is 2.83. The maximum absolute atomic E-state index is 12.9. The summed E-state index contributed by atoms with van der Waals surface area (Å²) in [6.45, 7) is 6.01. The number of benzene rings is 2. The Balaban J connectivity index is 1.82. The number of carbonyl (C=O) groups excluding carboxylic acids is 2. The average molecular weight is 383 g/mol. The Bertz CT molecular complexity index is 896. The number of rotatable bonds is 6. The van der Waals surface area contributed by atoms with Gasteiger partial charge in [-0.05, 0) is 67.6 Å². The van der Waals surface area contributed by atoms with Crippen molar-refractivity contribution in [1.29, 1.82) is 0 Å². The first kappa shape index (κ1) is 19.2. The normalized spacial score (nSPS) is 14.3. The van der Waals surface area contributed by atoms with Crippen LogP contribution in [-0.4, -0.2) is 11.8 Å². The summed E-state index contributed by atoms with van der Waals surface area (Å²) in [6, 6.07) is 13.4. The van der Waals surface area contributed by atoms with Crippen LogP contribution in [0.3, 0.4) is 0 Å². The molecule has 2 amide bonds. The topological polar surface area (TPSA) is 49.4 Å². The molecule has 0 bridgehead atoms. The number of imide groups is 1.